The van der Waals surface area contributed by atoms with Crippen LogP contribution in [0.2, 0.25) is 0 Å². The Morgan fingerprint density at radius 2 is 1.96 bits per heavy atom. The summed E-state index contributed by atoms with van der Waals surface area (Å²) in [6.07, 6.45) is 0.709. The van der Waals surface area contributed by atoms with Crippen LogP contribution in [0.4, 0.5) is 8.78 Å². The monoisotopic (exact) mass is 327 g/mol. The van der Waals surface area contributed by atoms with Crippen molar-refractivity contribution in [2.75, 3.05) is 19.6 Å². The second-order valence-corrected chi connectivity index (χ2v) is 5.25. The van der Waals surface area contributed by atoms with Gasteiger partial charge in [0.25, 0.3) is 5.91 Å². The predicted octanol–water partition coefficient (Wildman–Crippen LogP) is 1.59. The lowest BCUT2D eigenvalue weighted by atomic mass is 10.2. The third-order valence-corrected chi connectivity index (χ3v) is 3.20. The normalized spacial score (nSPS) is 11.8. The van der Waals surface area contributed by atoms with Crippen LogP contribution in [0.15, 0.2) is 18.2 Å². The van der Waals surface area contributed by atoms with Gasteiger partial charge in [0.1, 0.15) is 11.6 Å². The zero-order valence-corrected chi connectivity index (χ0v) is 13.4. The molecule has 0 bridgehead atoms. The topological polar surface area (TPSA) is 70.2 Å². The van der Waals surface area contributed by atoms with Crippen molar-refractivity contribution in [1.29, 1.82) is 0 Å². The molecule has 7 heteroatoms. The molecule has 0 fully saturated rings. The lowest BCUT2D eigenvalue weighted by Gasteiger charge is -2.13. The first kappa shape index (κ1) is 19.0. The van der Waals surface area contributed by atoms with Crippen LogP contribution < -0.4 is 16.0 Å². The molecule has 23 heavy (non-hydrogen) atoms. The molecule has 0 aliphatic heterocycles. The van der Waals surface area contributed by atoms with Crippen molar-refractivity contribution in [1.82, 2.24) is 16.0 Å². The average Bonchev–Trinajstić information content (AvgIpc) is 2.49. The molecular weight excluding hydrogens is 304 g/mol. The molecule has 5 nitrogen and oxygen atoms in total. The second kappa shape index (κ2) is 9.89. The van der Waals surface area contributed by atoms with Gasteiger partial charge in [-0.15, -0.1) is 0 Å². The Hall–Kier alpha value is -2.02. The van der Waals surface area contributed by atoms with Gasteiger partial charge < -0.3 is 16.0 Å². The number of rotatable bonds is 9. The molecule has 0 radical (unpaired) electrons. The van der Waals surface area contributed by atoms with Crippen molar-refractivity contribution in [2.24, 2.45) is 0 Å². The van der Waals surface area contributed by atoms with Crippen LogP contribution in [-0.2, 0) is 4.79 Å². The number of halogens is 2. The van der Waals surface area contributed by atoms with Gasteiger partial charge >= 0.3 is 0 Å². The molecule has 0 saturated heterocycles. The summed E-state index contributed by atoms with van der Waals surface area (Å²) >= 11 is 0. The molecule has 0 aliphatic rings. The van der Waals surface area contributed by atoms with Crippen molar-refractivity contribution < 1.29 is 18.4 Å². The quantitative estimate of drug-likeness (QED) is 0.603. The molecule has 0 heterocycles. The highest BCUT2D eigenvalue weighted by molar-refractivity contribution is 5.94. The molecule has 0 unspecified atom stereocenters. The highest BCUT2D eigenvalue weighted by Crippen LogP contribution is 2.09. The van der Waals surface area contributed by atoms with Gasteiger partial charge in [-0.2, -0.15) is 0 Å². The standard InChI is InChI=1S/C16H23F2N3O2/c1-3-19-11(2)10-21-15(22)5-4-8-20-16(23)13-7-6-12(17)9-14(13)18/h6-7,9,11,19H,3-5,8,10H2,1-2H3,(H,20,23)(H,21,22)/t11-/m1/s1. The van der Waals surface area contributed by atoms with E-state index in [1.54, 1.807) is 0 Å². The average molecular weight is 327 g/mol. The minimum absolute atomic E-state index is 0.100. The highest BCUT2D eigenvalue weighted by atomic mass is 19.1. The Kier molecular flexibility index (Phi) is 8.18. The first-order chi connectivity index (χ1) is 10.9. The number of carbonyl (C=O) groups is 2. The minimum Gasteiger partial charge on any atom is -0.355 e. The van der Waals surface area contributed by atoms with E-state index in [-0.39, 0.29) is 30.5 Å². The third kappa shape index (κ3) is 7.19. The maximum absolute atomic E-state index is 13.4. The Morgan fingerprint density at radius 3 is 2.61 bits per heavy atom. The zero-order chi connectivity index (χ0) is 17.2. The lowest BCUT2D eigenvalue weighted by molar-refractivity contribution is -0.121. The van der Waals surface area contributed by atoms with Gasteiger partial charge in [-0.3, -0.25) is 9.59 Å². The molecule has 1 aromatic rings. The summed E-state index contributed by atoms with van der Waals surface area (Å²) in [5.74, 6) is -2.36. The van der Waals surface area contributed by atoms with Crippen LogP contribution in [0.3, 0.4) is 0 Å². The van der Waals surface area contributed by atoms with Crippen molar-refractivity contribution in [3.63, 3.8) is 0 Å². The summed E-state index contributed by atoms with van der Waals surface area (Å²) in [5, 5.41) is 8.47. The van der Waals surface area contributed by atoms with Crippen LogP contribution in [0.1, 0.15) is 37.0 Å². The van der Waals surface area contributed by atoms with Crippen LogP contribution in [-0.4, -0.2) is 37.5 Å². The summed E-state index contributed by atoms with van der Waals surface area (Å²) in [6.45, 7) is 5.58. The van der Waals surface area contributed by atoms with Crippen LogP contribution in [0.5, 0.6) is 0 Å². The minimum atomic E-state index is -0.905. The van der Waals surface area contributed by atoms with E-state index in [4.69, 9.17) is 0 Å². The molecule has 1 aromatic carbocycles. The molecule has 0 saturated carbocycles. The van der Waals surface area contributed by atoms with Gasteiger partial charge in [-0.1, -0.05) is 6.92 Å². The highest BCUT2D eigenvalue weighted by Gasteiger charge is 2.12. The van der Waals surface area contributed by atoms with Gasteiger partial charge in [0.15, 0.2) is 0 Å². The van der Waals surface area contributed by atoms with E-state index in [1.165, 1.54) is 0 Å². The molecular formula is C16H23F2N3O2. The number of nitrogens with one attached hydrogen (secondary N) is 3. The fourth-order valence-electron chi connectivity index (χ4n) is 2.00. The SMILES string of the molecule is CCN[C@H](C)CNC(=O)CCCNC(=O)c1ccc(F)cc1F. The van der Waals surface area contributed by atoms with E-state index in [2.05, 4.69) is 16.0 Å². The molecule has 0 spiro atoms. The lowest BCUT2D eigenvalue weighted by Crippen LogP contribution is -2.39. The summed E-state index contributed by atoms with van der Waals surface area (Å²) in [7, 11) is 0. The van der Waals surface area contributed by atoms with Crippen LogP contribution in [0.25, 0.3) is 0 Å². The fourth-order valence-corrected chi connectivity index (χ4v) is 2.00. The Balaban J connectivity index is 2.24. The second-order valence-electron chi connectivity index (χ2n) is 5.25. The number of likely N-dealkylation sites (N-methyl/N-ethyl adjacent to an activating group) is 1. The Bertz CT molecular complexity index is 538. The molecule has 0 aromatic heterocycles. The first-order valence-electron chi connectivity index (χ1n) is 7.67. The van der Waals surface area contributed by atoms with Crippen molar-refractivity contribution in [3.8, 4) is 0 Å². The van der Waals surface area contributed by atoms with Gasteiger partial charge in [-0.05, 0) is 32.0 Å². The largest absolute Gasteiger partial charge is 0.355 e. The zero-order valence-electron chi connectivity index (χ0n) is 13.4. The number of hydrogen-bond acceptors (Lipinski definition) is 3. The summed E-state index contributed by atoms with van der Waals surface area (Å²) in [6, 6.07) is 2.98. The molecule has 128 valence electrons. The molecule has 0 aliphatic carbocycles. The molecule has 2 amide bonds. The van der Waals surface area contributed by atoms with Gasteiger partial charge in [0.2, 0.25) is 5.91 Å². The predicted molar refractivity (Wildman–Crippen MR) is 84.1 cm³/mol. The molecule has 1 atom stereocenters. The maximum atomic E-state index is 13.4. The number of carbonyl (C=O) groups excluding carboxylic acids is 2. The molecule has 1 rings (SSSR count). The maximum Gasteiger partial charge on any atom is 0.254 e. The number of hydrogen-bond donors (Lipinski definition) is 3. The van der Waals surface area contributed by atoms with E-state index < -0.39 is 17.5 Å². The summed E-state index contributed by atoms with van der Waals surface area (Å²) in [5.41, 5.74) is -0.213. The van der Waals surface area contributed by atoms with Gasteiger partial charge in [-0.25, -0.2) is 8.78 Å². The fraction of sp³-hybridized carbons (Fsp3) is 0.500. The number of benzene rings is 1. The van der Waals surface area contributed by atoms with Crippen LogP contribution >= 0.6 is 0 Å². The Morgan fingerprint density at radius 1 is 1.22 bits per heavy atom. The van der Waals surface area contributed by atoms with E-state index in [0.717, 1.165) is 18.7 Å². The van der Waals surface area contributed by atoms with Gasteiger partial charge in [0, 0.05) is 31.6 Å². The first-order valence-corrected chi connectivity index (χ1v) is 7.67. The van der Waals surface area contributed by atoms with E-state index in [0.29, 0.717) is 19.0 Å². The third-order valence-electron chi connectivity index (χ3n) is 3.20. The smallest absolute Gasteiger partial charge is 0.254 e. The Labute approximate surface area is 134 Å². The van der Waals surface area contributed by atoms with E-state index >= 15 is 0 Å². The van der Waals surface area contributed by atoms with E-state index in [9.17, 15) is 18.4 Å². The number of amides is 2. The summed E-state index contributed by atoms with van der Waals surface area (Å²) in [4.78, 5) is 23.3. The van der Waals surface area contributed by atoms with Crippen LogP contribution in [0, 0.1) is 11.6 Å². The van der Waals surface area contributed by atoms with Crippen molar-refractivity contribution >= 4 is 11.8 Å². The molecule has 3 N–H and O–H groups in total. The van der Waals surface area contributed by atoms with Crippen molar-refractivity contribution in [2.45, 2.75) is 32.7 Å². The van der Waals surface area contributed by atoms with Crippen molar-refractivity contribution in [3.05, 3.63) is 35.4 Å². The van der Waals surface area contributed by atoms with Gasteiger partial charge in [0.05, 0.1) is 5.56 Å². The summed E-state index contributed by atoms with van der Waals surface area (Å²) < 4.78 is 26.2. The van der Waals surface area contributed by atoms with E-state index in [1.807, 2.05) is 13.8 Å².